The average molecular weight is 261 g/mol. The van der Waals surface area contributed by atoms with Gasteiger partial charge in [-0.2, -0.15) is 4.98 Å². The van der Waals surface area contributed by atoms with Crippen LogP contribution in [0.25, 0.3) is 0 Å². The van der Waals surface area contributed by atoms with E-state index in [1.54, 1.807) is 11.8 Å². The Morgan fingerprint density at radius 3 is 2.53 bits per heavy atom. The van der Waals surface area contributed by atoms with Crippen molar-refractivity contribution in [2.24, 2.45) is 0 Å². The molecule has 1 N–H and O–H groups in total. The Bertz CT molecular complexity index is 563. The summed E-state index contributed by atoms with van der Waals surface area (Å²) < 4.78 is 5.03. The number of carbonyl (C=O) groups is 1. The lowest BCUT2D eigenvalue weighted by Gasteiger charge is -2.20. The maximum absolute atomic E-state index is 10.9. The van der Waals surface area contributed by atoms with E-state index in [0.29, 0.717) is 11.7 Å². The zero-order chi connectivity index (χ0) is 13.8. The molecule has 0 saturated heterocycles. The molecule has 19 heavy (non-hydrogen) atoms. The minimum atomic E-state index is -0.906. The quantitative estimate of drug-likeness (QED) is 0.883. The van der Waals surface area contributed by atoms with Gasteiger partial charge in [-0.15, -0.1) is 0 Å². The van der Waals surface area contributed by atoms with Crippen molar-refractivity contribution in [3.05, 3.63) is 41.5 Å². The summed E-state index contributed by atoms with van der Waals surface area (Å²) in [7, 11) is 0. The van der Waals surface area contributed by atoms with Crippen LogP contribution in [0.4, 0.5) is 5.69 Å². The molecule has 2 rings (SSSR count). The van der Waals surface area contributed by atoms with E-state index in [0.717, 1.165) is 11.3 Å². The summed E-state index contributed by atoms with van der Waals surface area (Å²) in [6.45, 7) is 3.85. The van der Waals surface area contributed by atoms with Crippen molar-refractivity contribution in [3.8, 4) is 0 Å². The van der Waals surface area contributed by atoms with Crippen LogP contribution in [0.5, 0.6) is 0 Å². The Labute approximate surface area is 110 Å². The molecule has 1 heterocycles. The molecule has 0 atom stereocenters. The van der Waals surface area contributed by atoms with Crippen LogP contribution in [0, 0.1) is 13.8 Å². The predicted octanol–water partition coefficient (Wildman–Crippen LogP) is 1.78. The molecule has 0 bridgehead atoms. The second-order valence-corrected chi connectivity index (χ2v) is 4.32. The average Bonchev–Trinajstić information content (AvgIpc) is 2.74. The lowest BCUT2D eigenvalue weighted by Crippen LogP contribution is -2.29. The summed E-state index contributed by atoms with van der Waals surface area (Å²) in [5, 5.41) is 12.7. The normalized spacial score (nSPS) is 10.4. The first kappa shape index (κ1) is 13.1. The maximum Gasteiger partial charge on any atom is 0.323 e. The van der Waals surface area contributed by atoms with Gasteiger partial charge in [-0.3, -0.25) is 4.79 Å². The summed E-state index contributed by atoms with van der Waals surface area (Å²) in [5.41, 5.74) is 1.93. The highest BCUT2D eigenvalue weighted by Crippen LogP contribution is 2.17. The Morgan fingerprint density at radius 2 is 2.00 bits per heavy atom. The third-order valence-corrected chi connectivity index (χ3v) is 2.62. The third-order valence-electron chi connectivity index (χ3n) is 2.62. The molecule has 2 aromatic rings. The fraction of sp³-hybridized carbons (Fsp3) is 0.308. The number of aliphatic carboxylic acids is 1. The van der Waals surface area contributed by atoms with Crippen molar-refractivity contribution in [1.82, 2.24) is 10.1 Å². The topological polar surface area (TPSA) is 79.5 Å². The van der Waals surface area contributed by atoms with Crippen LogP contribution >= 0.6 is 0 Å². The molecule has 0 aliphatic rings. The van der Waals surface area contributed by atoms with Gasteiger partial charge in [0.05, 0.1) is 6.54 Å². The van der Waals surface area contributed by atoms with Crippen molar-refractivity contribution in [1.29, 1.82) is 0 Å². The van der Waals surface area contributed by atoms with E-state index in [-0.39, 0.29) is 13.1 Å². The van der Waals surface area contributed by atoms with Gasteiger partial charge in [-0.05, 0) is 26.0 Å². The van der Waals surface area contributed by atoms with Crippen LogP contribution < -0.4 is 4.90 Å². The van der Waals surface area contributed by atoms with Gasteiger partial charge in [-0.1, -0.05) is 22.9 Å². The number of benzene rings is 1. The largest absolute Gasteiger partial charge is 0.480 e. The molecule has 0 unspecified atom stereocenters. The molecule has 6 heteroatoms. The van der Waals surface area contributed by atoms with Gasteiger partial charge in [0, 0.05) is 5.69 Å². The zero-order valence-corrected chi connectivity index (χ0v) is 10.8. The minimum Gasteiger partial charge on any atom is -0.480 e. The lowest BCUT2D eigenvalue weighted by atomic mass is 10.2. The van der Waals surface area contributed by atoms with Gasteiger partial charge in [0.15, 0.2) is 5.82 Å². The number of hydrogen-bond donors (Lipinski definition) is 1. The van der Waals surface area contributed by atoms with Crippen molar-refractivity contribution in [2.75, 3.05) is 11.4 Å². The van der Waals surface area contributed by atoms with Crippen LogP contribution in [0.3, 0.4) is 0 Å². The molecular formula is C13H15N3O3. The Kier molecular flexibility index (Phi) is 3.79. The SMILES string of the molecule is Cc1ccc(N(CC(=O)O)Cc2nc(C)no2)cc1. The minimum absolute atomic E-state index is 0.121. The van der Waals surface area contributed by atoms with Crippen LogP contribution in [0.15, 0.2) is 28.8 Å². The van der Waals surface area contributed by atoms with Crippen molar-refractivity contribution in [2.45, 2.75) is 20.4 Å². The van der Waals surface area contributed by atoms with Crippen LogP contribution in [0.1, 0.15) is 17.3 Å². The fourth-order valence-corrected chi connectivity index (χ4v) is 1.72. The monoisotopic (exact) mass is 261 g/mol. The van der Waals surface area contributed by atoms with E-state index in [1.165, 1.54) is 0 Å². The van der Waals surface area contributed by atoms with E-state index in [2.05, 4.69) is 10.1 Å². The number of carboxylic acids is 1. The van der Waals surface area contributed by atoms with E-state index < -0.39 is 5.97 Å². The van der Waals surface area contributed by atoms with E-state index >= 15 is 0 Å². The highest BCUT2D eigenvalue weighted by molar-refractivity contribution is 5.73. The van der Waals surface area contributed by atoms with Crippen LogP contribution in [-0.4, -0.2) is 27.8 Å². The molecule has 1 aromatic carbocycles. The highest BCUT2D eigenvalue weighted by Gasteiger charge is 2.14. The molecule has 0 amide bonds. The Balaban J connectivity index is 2.20. The lowest BCUT2D eigenvalue weighted by molar-refractivity contribution is -0.135. The fourth-order valence-electron chi connectivity index (χ4n) is 1.72. The third kappa shape index (κ3) is 3.54. The summed E-state index contributed by atoms with van der Waals surface area (Å²) in [6, 6.07) is 7.62. The van der Waals surface area contributed by atoms with Crippen molar-refractivity contribution in [3.63, 3.8) is 0 Å². The number of aryl methyl sites for hydroxylation is 2. The first-order valence-electron chi connectivity index (χ1n) is 5.87. The van der Waals surface area contributed by atoms with E-state index in [4.69, 9.17) is 9.63 Å². The standard InChI is InChI=1S/C13H15N3O3/c1-9-3-5-11(6-4-9)16(8-13(17)18)7-12-14-10(2)15-19-12/h3-6H,7-8H2,1-2H3,(H,17,18). The van der Waals surface area contributed by atoms with Crippen molar-refractivity contribution >= 4 is 11.7 Å². The molecular weight excluding hydrogens is 246 g/mol. The molecule has 0 aliphatic heterocycles. The number of aromatic nitrogens is 2. The summed E-state index contributed by atoms with van der Waals surface area (Å²) >= 11 is 0. The second kappa shape index (κ2) is 5.51. The molecule has 1 aromatic heterocycles. The second-order valence-electron chi connectivity index (χ2n) is 4.32. The summed E-state index contributed by atoms with van der Waals surface area (Å²) in [6.07, 6.45) is 0. The van der Waals surface area contributed by atoms with Gasteiger partial charge in [0.1, 0.15) is 6.54 Å². The number of anilines is 1. The predicted molar refractivity (Wildman–Crippen MR) is 68.9 cm³/mol. The summed E-state index contributed by atoms with van der Waals surface area (Å²) in [5.74, 6) is 0.0327. The van der Waals surface area contributed by atoms with Gasteiger partial charge >= 0.3 is 5.97 Å². The van der Waals surface area contributed by atoms with Gasteiger partial charge in [-0.25, -0.2) is 0 Å². The first-order valence-corrected chi connectivity index (χ1v) is 5.87. The molecule has 0 spiro atoms. The van der Waals surface area contributed by atoms with E-state index in [9.17, 15) is 4.79 Å². The van der Waals surface area contributed by atoms with Gasteiger partial charge in [0.25, 0.3) is 0 Å². The zero-order valence-electron chi connectivity index (χ0n) is 10.8. The van der Waals surface area contributed by atoms with Gasteiger partial charge < -0.3 is 14.5 Å². The maximum atomic E-state index is 10.9. The van der Waals surface area contributed by atoms with Crippen LogP contribution in [0.2, 0.25) is 0 Å². The number of nitrogens with zero attached hydrogens (tertiary/aromatic N) is 3. The highest BCUT2D eigenvalue weighted by atomic mass is 16.5. The number of hydrogen-bond acceptors (Lipinski definition) is 5. The molecule has 6 nitrogen and oxygen atoms in total. The molecule has 0 radical (unpaired) electrons. The summed E-state index contributed by atoms with van der Waals surface area (Å²) in [4.78, 5) is 16.7. The van der Waals surface area contributed by atoms with E-state index in [1.807, 2.05) is 31.2 Å². The van der Waals surface area contributed by atoms with Gasteiger partial charge in [0.2, 0.25) is 5.89 Å². The Morgan fingerprint density at radius 1 is 1.32 bits per heavy atom. The van der Waals surface area contributed by atoms with Crippen LogP contribution in [-0.2, 0) is 11.3 Å². The first-order chi connectivity index (χ1) is 9.04. The Hall–Kier alpha value is -2.37. The van der Waals surface area contributed by atoms with Crippen molar-refractivity contribution < 1.29 is 14.4 Å². The molecule has 0 aliphatic carbocycles. The molecule has 100 valence electrons. The number of carboxylic acid groups (broad SMARTS) is 1. The molecule has 0 saturated carbocycles. The molecule has 0 fully saturated rings. The number of rotatable bonds is 5. The smallest absolute Gasteiger partial charge is 0.323 e.